The van der Waals surface area contributed by atoms with Gasteiger partial charge in [0.05, 0.1) is 6.10 Å². The summed E-state index contributed by atoms with van der Waals surface area (Å²) in [5.74, 6) is 1.60. The Morgan fingerprint density at radius 1 is 1.29 bits per heavy atom. The number of hydrogen-bond acceptors (Lipinski definition) is 5. The number of fused-ring (bicyclic) bond motifs is 1. The Hall–Kier alpha value is -2.76. The van der Waals surface area contributed by atoms with E-state index >= 15 is 0 Å². The van der Waals surface area contributed by atoms with Crippen molar-refractivity contribution >= 4 is 5.91 Å². The Labute approximate surface area is 140 Å². The molecule has 0 unspecified atom stereocenters. The first kappa shape index (κ1) is 16.1. The second kappa shape index (κ2) is 7.21. The monoisotopic (exact) mass is 328 g/mol. The molecule has 0 radical (unpaired) electrons. The molecule has 6 nitrogen and oxygen atoms in total. The molecule has 126 valence electrons. The molecule has 1 N–H and O–H groups in total. The first-order chi connectivity index (χ1) is 11.6. The molecule has 6 heteroatoms. The summed E-state index contributed by atoms with van der Waals surface area (Å²) in [5, 5.41) is 2.83. The largest absolute Gasteiger partial charge is 0.485 e. The molecule has 0 fully saturated rings. The average molecular weight is 328 g/mol. The lowest BCUT2D eigenvalue weighted by Gasteiger charge is -2.25. The number of nitrogens with zero attached hydrogens (tertiary/aromatic N) is 1. The molecule has 0 aliphatic carbocycles. The first-order valence-corrected chi connectivity index (χ1v) is 7.89. The maximum atomic E-state index is 12.2. The first-order valence-electron chi connectivity index (χ1n) is 7.89. The highest BCUT2D eigenvalue weighted by Crippen LogP contribution is 2.30. The minimum Gasteiger partial charge on any atom is -0.485 e. The number of rotatable bonds is 5. The Morgan fingerprint density at radius 2 is 2.08 bits per heavy atom. The van der Waals surface area contributed by atoms with Crippen molar-refractivity contribution in [2.75, 3.05) is 6.61 Å². The zero-order valence-electron chi connectivity index (χ0n) is 13.7. The Kier molecular flexibility index (Phi) is 4.84. The van der Waals surface area contributed by atoms with Crippen molar-refractivity contribution in [3.63, 3.8) is 0 Å². The van der Waals surface area contributed by atoms with E-state index in [1.54, 1.807) is 18.3 Å². The molecule has 0 bridgehead atoms. The summed E-state index contributed by atoms with van der Waals surface area (Å²) in [6.45, 7) is 4.46. The van der Waals surface area contributed by atoms with Gasteiger partial charge < -0.3 is 19.5 Å². The number of pyridine rings is 1. The van der Waals surface area contributed by atoms with E-state index in [0.29, 0.717) is 23.9 Å². The molecule has 0 spiro atoms. The fourth-order valence-corrected chi connectivity index (χ4v) is 2.28. The Morgan fingerprint density at radius 3 is 2.79 bits per heavy atom. The second-order valence-electron chi connectivity index (χ2n) is 5.75. The molecule has 1 amide bonds. The fraction of sp³-hybridized carbons (Fsp3) is 0.333. The molecule has 3 rings (SSSR count). The minimum absolute atomic E-state index is 0.0781. The van der Waals surface area contributed by atoms with Crippen LogP contribution in [0.4, 0.5) is 0 Å². The quantitative estimate of drug-likeness (QED) is 0.912. The molecule has 0 saturated heterocycles. The topological polar surface area (TPSA) is 69.7 Å². The van der Waals surface area contributed by atoms with Crippen LogP contribution in [0.25, 0.3) is 0 Å². The predicted molar refractivity (Wildman–Crippen MR) is 88.2 cm³/mol. The number of hydrogen-bond donors (Lipinski definition) is 1. The van der Waals surface area contributed by atoms with Crippen molar-refractivity contribution in [2.24, 2.45) is 0 Å². The number of amides is 1. The molecule has 2 aromatic rings. The summed E-state index contributed by atoms with van der Waals surface area (Å²) < 4.78 is 16.7. The predicted octanol–water partition coefficient (Wildman–Crippen LogP) is 2.33. The zero-order chi connectivity index (χ0) is 16.9. The summed E-state index contributed by atoms with van der Waals surface area (Å²) in [6, 6.07) is 11.0. The number of benzene rings is 1. The van der Waals surface area contributed by atoms with Crippen LogP contribution in [0.2, 0.25) is 0 Å². The van der Waals surface area contributed by atoms with Crippen molar-refractivity contribution < 1.29 is 19.0 Å². The Bertz CT molecular complexity index is 700. The highest BCUT2D eigenvalue weighted by Gasteiger charge is 2.26. The van der Waals surface area contributed by atoms with Gasteiger partial charge in [0.2, 0.25) is 12.0 Å². The van der Waals surface area contributed by atoms with Crippen molar-refractivity contribution in [1.82, 2.24) is 10.3 Å². The van der Waals surface area contributed by atoms with Crippen molar-refractivity contribution in [1.29, 1.82) is 0 Å². The third-order valence-corrected chi connectivity index (χ3v) is 3.42. The van der Waals surface area contributed by atoms with Crippen LogP contribution in [0, 0.1) is 0 Å². The summed E-state index contributed by atoms with van der Waals surface area (Å²) in [6.07, 6.45) is 1.11. The van der Waals surface area contributed by atoms with Gasteiger partial charge in [0.25, 0.3) is 5.91 Å². The van der Waals surface area contributed by atoms with Gasteiger partial charge >= 0.3 is 0 Å². The van der Waals surface area contributed by atoms with Gasteiger partial charge in [-0.05, 0) is 31.5 Å². The van der Waals surface area contributed by atoms with E-state index in [1.165, 1.54) is 0 Å². The van der Waals surface area contributed by atoms with Crippen LogP contribution in [0.1, 0.15) is 19.4 Å². The van der Waals surface area contributed by atoms with Crippen LogP contribution in [0.5, 0.6) is 17.4 Å². The van der Waals surface area contributed by atoms with Crippen molar-refractivity contribution in [3.05, 3.63) is 48.2 Å². The van der Waals surface area contributed by atoms with Gasteiger partial charge in [-0.2, -0.15) is 0 Å². The molecular weight excluding hydrogens is 308 g/mol. The summed E-state index contributed by atoms with van der Waals surface area (Å²) in [5.41, 5.74) is 0.886. The molecule has 2 heterocycles. The molecule has 24 heavy (non-hydrogen) atoms. The third kappa shape index (κ3) is 3.95. The molecule has 0 saturated carbocycles. The van der Waals surface area contributed by atoms with Gasteiger partial charge in [-0.15, -0.1) is 0 Å². The minimum atomic E-state index is -0.656. The number of para-hydroxylation sites is 2. The smallest absolute Gasteiger partial charge is 0.264 e. The van der Waals surface area contributed by atoms with Gasteiger partial charge in [0, 0.05) is 18.8 Å². The normalized spacial score (nSPS) is 15.9. The summed E-state index contributed by atoms with van der Waals surface area (Å²) >= 11 is 0. The standard InChI is InChI=1S/C18H20N2O4/c1-12(2)23-17-8-7-13(9-19-17)10-20-18(21)16-11-22-14-5-3-4-6-15(14)24-16/h3-9,12,16H,10-11H2,1-2H3,(H,20,21)/t16-/m1/s1. The molecule has 1 aliphatic rings. The van der Waals surface area contributed by atoms with Crippen LogP contribution in [-0.4, -0.2) is 29.7 Å². The number of nitrogens with one attached hydrogen (secondary N) is 1. The van der Waals surface area contributed by atoms with Gasteiger partial charge in [-0.3, -0.25) is 4.79 Å². The second-order valence-corrected chi connectivity index (χ2v) is 5.75. The van der Waals surface area contributed by atoms with E-state index in [1.807, 2.05) is 38.1 Å². The van der Waals surface area contributed by atoms with E-state index in [-0.39, 0.29) is 18.6 Å². The average Bonchev–Trinajstić information content (AvgIpc) is 2.60. The number of aromatic nitrogens is 1. The molecule has 1 aromatic heterocycles. The number of carbonyl (C=O) groups is 1. The summed E-state index contributed by atoms with van der Waals surface area (Å²) in [4.78, 5) is 16.4. The van der Waals surface area contributed by atoms with Crippen LogP contribution in [-0.2, 0) is 11.3 Å². The SMILES string of the molecule is CC(C)Oc1ccc(CNC(=O)[C@H]2COc3ccccc3O2)cn1. The third-order valence-electron chi connectivity index (χ3n) is 3.42. The highest BCUT2D eigenvalue weighted by molar-refractivity contribution is 5.81. The molecular formula is C18H20N2O4. The van der Waals surface area contributed by atoms with Gasteiger partial charge in [-0.1, -0.05) is 18.2 Å². The molecule has 1 aromatic carbocycles. The van der Waals surface area contributed by atoms with E-state index in [2.05, 4.69) is 10.3 Å². The summed E-state index contributed by atoms with van der Waals surface area (Å²) in [7, 11) is 0. The zero-order valence-corrected chi connectivity index (χ0v) is 13.7. The maximum Gasteiger partial charge on any atom is 0.264 e. The van der Waals surface area contributed by atoms with Crippen LogP contribution < -0.4 is 19.5 Å². The van der Waals surface area contributed by atoms with E-state index in [9.17, 15) is 4.79 Å². The van der Waals surface area contributed by atoms with Crippen LogP contribution in [0.15, 0.2) is 42.6 Å². The molecule has 1 atom stereocenters. The molecule has 1 aliphatic heterocycles. The van der Waals surface area contributed by atoms with Gasteiger partial charge in [0.1, 0.15) is 6.61 Å². The van der Waals surface area contributed by atoms with Gasteiger partial charge in [-0.25, -0.2) is 4.98 Å². The maximum absolute atomic E-state index is 12.2. The van der Waals surface area contributed by atoms with E-state index in [4.69, 9.17) is 14.2 Å². The highest BCUT2D eigenvalue weighted by atomic mass is 16.6. The lowest BCUT2D eigenvalue weighted by atomic mass is 10.2. The fourth-order valence-electron chi connectivity index (χ4n) is 2.28. The van der Waals surface area contributed by atoms with Crippen LogP contribution in [0.3, 0.4) is 0 Å². The lowest BCUT2D eigenvalue weighted by molar-refractivity contribution is -0.130. The van der Waals surface area contributed by atoms with E-state index in [0.717, 1.165) is 5.56 Å². The number of ether oxygens (including phenoxy) is 3. The number of carbonyl (C=O) groups excluding carboxylic acids is 1. The van der Waals surface area contributed by atoms with Crippen LogP contribution >= 0.6 is 0 Å². The van der Waals surface area contributed by atoms with Crippen molar-refractivity contribution in [2.45, 2.75) is 32.6 Å². The Balaban J connectivity index is 1.53. The van der Waals surface area contributed by atoms with Gasteiger partial charge in [0.15, 0.2) is 11.5 Å². The van der Waals surface area contributed by atoms with E-state index < -0.39 is 6.10 Å². The lowest BCUT2D eigenvalue weighted by Crippen LogP contribution is -2.43. The van der Waals surface area contributed by atoms with Crippen molar-refractivity contribution in [3.8, 4) is 17.4 Å².